The molecule has 0 aliphatic carbocycles. The molecule has 1 aromatic rings. The van der Waals surface area contributed by atoms with Gasteiger partial charge in [0, 0.05) is 16.5 Å². The topological polar surface area (TPSA) is 57.5 Å². The lowest BCUT2D eigenvalue weighted by molar-refractivity contribution is -0.137. The molecule has 0 saturated heterocycles. The van der Waals surface area contributed by atoms with Crippen molar-refractivity contribution in [2.45, 2.75) is 26.2 Å². The van der Waals surface area contributed by atoms with Crippen molar-refractivity contribution >= 4 is 21.9 Å². The Hall–Kier alpha value is -1.10. The Morgan fingerprint density at radius 2 is 2.19 bits per heavy atom. The number of rotatable bonds is 4. The molecule has 0 heterocycles. The Balaban J connectivity index is 2.90. The average molecular weight is 291 g/mol. The van der Waals surface area contributed by atoms with E-state index in [9.17, 15) is 14.3 Å². The Morgan fingerprint density at radius 1 is 1.56 bits per heavy atom. The van der Waals surface area contributed by atoms with Gasteiger partial charge in [0.25, 0.3) is 0 Å². The zero-order valence-electron chi connectivity index (χ0n) is 8.76. The van der Waals surface area contributed by atoms with Crippen molar-refractivity contribution in [3.05, 3.63) is 27.5 Å². The minimum Gasteiger partial charge on any atom is -0.505 e. The van der Waals surface area contributed by atoms with E-state index in [0.29, 0.717) is 22.9 Å². The van der Waals surface area contributed by atoms with Crippen molar-refractivity contribution in [3.8, 4) is 5.75 Å². The van der Waals surface area contributed by atoms with Gasteiger partial charge in [0.2, 0.25) is 0 Å². The Bertz CT molecular complexity index is 392. The fourth-order valence-corrected chi connectivity index (χ4v) is 1.92. The van der Waals surface area contributed by atoms with E-state index in [-0.39, 0.29) is 12.2 Å². The maximum absolute atomic E-state index is 13.2. The molecule has 0 amide bonds. The molecular formula is C11H12BrFO3. The molecule has 0 atom stereocenters. The number of phenolic OH excluding ortho intramolecular Hbond substituents is 1. The third kappa shape index (κ3) is 2.95. The number of carboxylic acids is 1. The number of aromatic hydroxyl groups is 1. The summed E-state index contributed by atoms with van der Waals surface area (Å²) in [5.74, 6) is -1.97. The summed E-state index contributed by atoms with van der Waals surface area (Å²) < 4.78 is 13.8. The van der Waals surface area contributed by atoms with Gasteiger partial charge in [0.05, 0.1) is 0 Å². The second kappa shape index (κ2) is 5.30. The first-order chi connectivity index (χ1) is 7.43. The van der Waals surface area contributed by atoms with Gasteiger partial charge in [-0.25, -0.2) is 4.39 Å². The van der Waals surface area contributed by atoms with Gasteiger partial charge >= 0.3 is 5.97 Å². The van der Waals surface area contributed by atoms with Gasteiger partial charge in [-0.15, -0.1) is 0 Å². The number of halogens is 2. The van der Waals surface area contributed by atoms with E-state index >= 15 is 0 Å². The zero-order valence-corrected chi connectivity index (χ0v) is 10.3. The molecule has 0 fully saturated rings. The van der Waals surface area contributed by atoms with Crippen LogP contribution in [0, 0.1) is 12.7 Å². The van der Waals surface area contributed by atoms with Crippen LogP contribution < -0.4 is 0 Å². The lowest BCUT2D eigenvalue weighted by Crippen LogP contribution is -1.99. The van der Waals surface area contributed by atoms with Crippen LogP contribution in [0.4, 0.5) is 4.39 Å². The number of aliphatic carboxylic acids is 1. The minimum absolute atomic E-state index is 0.00696. The quantitative estimate of drug-likeness (QED) is 0.896. The van der Waals surface area contributed by atoms with Crippen LogP contribution in [-0.2, 0) is 11.2 Å². The molecule has 16 heavy (non-hydrogen) atoms. The van der Waals surface area contributed by atoms with Crippen molar-refractivity contribution < 1.29 is 19.4 Å². The van der Waals surface area contributed by atoms with Crippen LogP contribution in [0.2, 0.25) is 0 Å². The van der Waals surface area contributed by atoms with Gasteiger partial charge in [0.1, 0.15) is 0 Å². The van der Waals surface area contributed by atoms with Crippen LogP contribution in [0.5, 0.6) is 5.75 Å². The first kappa shape index (κ1) is 13.0. The van der Waals surface area contributed by atoms with Crippen LogP contribution >= 0.6 is 15.9 Å². The normalized spacial score (nSPS) is 10.4. The van der Waals surface area contributed by atoms with Gasteiger partial charge in [-0.3, -0.25) is 4.79 Å². The van der Waals surface area contributed by atoms with Crippen molar-refractivity contribution in [2.24, 2.45) is 0 Å². The number of phenols is 1. The summed E-state index contributed by atoms with van der Waals surface area (Å²) in [5.41, 5.74) is 1.21. The van der Waals surface area contributed by atoms with E-state index in [1.807, 2.05) is 0 Å². The highest BCUT2D eigenvalue weighted by molar-refractivity contribution is 9.10. The van der Waals surface area contributed by atoms with E-state index in [1.54, 1.807) is 6.92 Å². The van der Waals surface area contributed by atoms with Gasteiger partial charge in [-0.05, 0) is 31.4 Å². The molecule has 0 spiro atoms. The summed E-state index contributed by atoms with van der Waals surface area (Å²) in [6.07, 6.45) is 0.729. The molecule has 1 aromatic carbocycles. The van der Waals surface area contributed by atoms with Gasteiger partial charge in [-0.1, -0.05) is 15.9 Å². The minimum atomic E-state index is -0.896. The molecule has 0 aliphatic heterocycles. The summed E-state index contributed by atoms with van der Waals surface area (Å²) in [5, 5.41) is 18.0. The van der Waals surface area contributed by atoms with E-state index < -0.39 is 11.8 Å². The summed E-state index contributed by atoms with van der Waals surface area (Å²) >= 11 is 3.18. The molecule has 88 valence electrons. The SMILES string of the molecule is Cc1c(Br)cc(F)c(O)c1CCCC(=O)O. The van der Waals surface area contributed by atoms with E-state index in [4.69, 9.17) is 5.11 Å². The number of benzene rings is 1. The molecular weight excluding hydrogens is 279 g/mol. The fraction of sp³-hybridized carbons (Fsp3) is 0.364. The molecule has 1 rings (SSSR count). The maximum Gasteiger partial charge on any atom is 0.303 e. The Labute approximate surface area is 101 Å². The van der Waals surface area contributed by atoms with Crippen molar-refractivity contribution in [1.29, 1.82) is 0 Å². The Morgan fingerprint density at radius 3 is 2.75 bits per heavy atom. The second-order valence-electron chi connectivity index (χ2n) is 3.54. The smallest absolute Gasteiger partial charge is 0.303 e. The van der Waals surface area contributed by atoms with Crippen molar-refractivity contribution in [2.75, 3.05) is 0 Å². The molecule has 2 N–H and O–H groups in total. The number of hydrogen-bond acceptors (Lipinski definition) is 2. The molecule has 0 aromatic heterocycles. The molecule has 0 bridgehead atoms. The lowest BCUT2D eigenvalue weighted by Gasteiger charge is -2.10. The Kier molecular flexibility index (Phi) is 4.29. The predicted molar refractivity (Wildman–Crippen MR) is 61.1 cm³/mol. The van der Waals surface area contributed by atoms with Crippen LogP contribution in [0.15, 0.2) is 10.5 Å². The molecule has 0 saturated carbocycles. The third-order valence-corrected chi connectivity index (χ3v) is 3.22. The summed E-state index contributed by atoms with van der Waals surface area (Å²) in [7, 11) is 0. The summed E-state index contributed by atoms with van der Waals surface area (Å²) in [4.78, 5) is 10.3. The van der Waals surface area contributed by atoms with Crippen molar-refractivity contribution in [1.82, 2.24) is 0 Å². The average Bonchev–Trinajstić information content (AvgIpc) is 2.20. The predicted octanol–water partition coefficient (Wildman–Crippen LogP) is 3.01. The summed E-state index contributed by atoms with van der Waals surface area (Å²) in [6, 6.07) is 1.20. The third-order valence-electron chi connectivity index (χ3n) is 2.39. The van der Waals surface area contributed by atoms with E-state index in [1.165, 1.54) is 6.07 Å². The second-order valence-corrected chi connectivity index (χ2v) is 4.39. The molecule has 5 heteroatoms. The van der Waals surface area contributed by atoms with Crippen molar-refractivity contribution in [3.63, 3.8) is 0 Å². The number of carbonyl (C=O) groups is 1. The van der Waals surface area contributed by atoms with Crippen LogP contribution in [0.1, 0.15) is 24.0 Å². The zero-order chi connectivity index (χ0) is 12.3. The van der Waals surface area contributed by atoms with E-state index in [2.05, 4.69) is 15.9 Å². The highest BCUT2D eigenvalue weighted by atomic mass is 79.9. The van der Waals surface area contributed by atoms with Crippen LogP contribution in [0.3, 0.4) is 0 Å². The molecule has 0 unspecified atom stereocenters. The van der Waals surface area contributed by atoms with Gasteiger partial charge < -0.3 is 10.2 Å². The number of carboxylic acid groups (broad SMARTS) is 1. The standard InChI is InChI=1S/C11H12BrFO3/c1-6-7(3-2-4-10(14)15)11(16)9(13)5-8(6)12/h5,16H,2-4H2,1H3,(H,14,15). The van der Waals surface area contributed by atoms with Crippen LogP contribution in [0.25, 0.3) is 0 Å². The molecule has 0 radical (unpaired) electrons. The lowest BCUT2D eigenvalue weighted by atomic mass is 10.0. The monoisotopic (exact) mass is 290 g/mol. The first-order valence-corrected chi connectivity index (χ1v) is 5.61. The van der Waals surface area contributed by atoms with Crippen LogP contribution in [-0.4, -0.2) is 16.2 Å². The highest BCUT2D eigenvalue weighted by Crippen LogP contribution is 2.31. The van der Waals surface area contributed by atoms with Gasteiger partial charge in [-0.2, -0.15) is 0 Å². The number of hydrogen-bond donors (Lipinski definition) is 2. The fourth-order valence-electron chi connectivity index (χ4n) is 1.48. The highest BCUT2D eigenvalue weighted by Gasteiger charge is 2.13. The first-order valence-electron chi connectivity index (χ1n) is 4.81. The largest absolute Gasteiger partial charge is 0.505 e. The molecule has 0 aliphatic rings. The molecule has 3 nitrogen and oxygen atoms in total. The summed E-state index contributed by atoms with van der Waals surface area (Å²) in [6.45, 7) is 1.75. The van der Waals surface area contributed by atoms with Gasteiger partial charge in [0.15, 0.2) is 11.6 Å². The van der Waals surface area contributed by atoms with E-state index in [0.717, 1.165) is 5.56 Å². The maximum atomic E-state index is 13.2.